The van der Waals surface area contributed by atoms with E-state index in [1.165, 1.54) is 11.1 Å². The van der Waals surface area contributed by atoms with Crippen LogP contribution in [0.2, 0.25) is 0 Å². The lowest BCUT2D eigenvalue weighted by Gasteiger charge is -2.42. The predicted octanol–water partition coefficient (Wildman–Crippen LogP) is 1.69. The van der Waals surface area contributed by atoms with Crippen molar-refractivity contribution >= 4 is 5.78 Å². The first-order valence-electron chi connectivity index (χ1n) is 8.81. The molecule has 4 rings (SSSR count). The van der Waals surface area contributed by atoms with Crippen LogP contribution < -0.4 is 9.47 Å². The van der Waals surface area contributed by atoms with Gasteiger partial charge in [-0.25, -0.2) is 0 Å². The molecule has 1 N–H and O–H groups in total. The van der Waals surface area contributed by atoms with Crippen LogP contribution >= 0.6 is 0 Å². The lowest BCUT2D eigenvalue weighted by Crippen LogP contribution is -2.51. The summed E-state index contributed by atoms with van der Waals surface area (Å²) in [7, 11) is 3.70. The second-order valence-electron chi connectivity index (χ2n) is 7.38. The van der Waals surface area contributed by atoms with E-state index < -0.39 is 0 Å². The lowest BCUT2D eigenvalue weighted by atomic mass is 9.64. The average molecular weight is 331 g/mol. The number of nitrogens with zero attached hydrogens (tertiary/aromatic N) is 1. The van der Waals surface area contributed by atoms with E-state index in [1.54, 1.807) is 7.11 Å². The summed E-state index contributed by atoms with van der Waals surface area (Å²) in [4.78, 5) is 14.8. The van der Waals surface area contributed by atoms with Crippen LogP contribution in [0.15, 0.2) is 12.1 Å². The number of likely N-dealkylation sites (N-methyl/N-ethyl adjacent to an activating group) is 1. The van der Waals surface area contributed by atoms with Gasteiger partial charge in [0.05, 0.1) is 13.7 Å². The largest absolute Gasteiger partial charge is 0.493 e. The number of benzene rings is 1. The topological polar surface area (TPSA) is 59.0 Å². The van der Waals surface area contributed by atoms with Gasteiger partial charge in [0, 0.05) is 23.4 Å². The number of carbonyl (C=O) groups is 1. The van der Waals surface area contributed by atoms with Crippen molar-refractivity contribution in [2.24, 2.45) is 0 Å². The fraction of sp³-hybridized carbons (Fsp3) is 0.632. The van der Waals surface area contributed by atoms with Crippen molar-refractivity contribution in [3.63, 3.8) is 0 Å². The molecule has 1 aromatic carbocycles. The molecule has 130 valence electrons. The summed E-state index contributed by atoms with van der Waals surface area (Å²) in [6.07, 6.45) is 3.77. The first-order chi connectivity index (χ1) is 11.6. The normalized spacial score (nSPS) is 32.4. The summed E-state index contributed by atoms with van der Waals surface area (Å²) in [5, 5.41) is 9.78. The minimum atomic E-state index is -0.379. The average Bonchev–Trinajstić information content (AvgIpc) is 2.93. The number of hydrogen-bond acceptors (Lipinski definition) is 5. The SMILES string of the molecule is COc1ccc2c3c1OC1C(=O)CCC[C@@]31CCN(C)[C@@H](CO)C2. The van der Waals surface area contributed by atoms with Gasteiger partial charge in [-0.15, -0.1) is 0 Å². The summed E-state index contributed by atoms with van der Waals surface area (Å²) >= 11 is 0. The molecule has 5 nitrogen and oxygen atoms in total. The van der Waals surface area contributed by atoms with Crippen LogP contribution in [0.3, 0.4) is 0 Å². The maximum atomic E-state index is 12.6. The van der Waals surface area contributed by atoms with Crippen LogP contribution in [0.25, 0.3) is 0 Å². The molecular weight excluding hydrogens is 306 g/mol. The molecule has 1 saturated carbocycles. The lowest BCUT2D eigenvalue weighted by molar-refractivity contribution is -0.130. The third-order valence-corrected chi connectivity index (χ3v) is 6.20. The molecule has 1 aromatic rings. The van der Waals surface area contributed by atoms with E-state index in [-0.39, 0.29) is 30.0 Å². The summed E-state index contributed by atoms with van der Waals surface area (Å²) in [6.45, 7) is 0.988. The summed E-state index contributed by atoms with van der Waals surface area (Å²) in [6, 6.07) is 4.12. The van der Waals surface area contributed by atoms with Crippen molar-refractivity contribution in [1.82, 2.24) is 4.90 Å². The Balaban J connectivity index is 1.91. The second-order valence-corrected chi connectivity index (χ2v) is 7.38. The zero-order valence-corrected chi connectivity index (χ0v) is 14.4. The summed E-state index contributed by atoms with van der Waals surface area (Å²) in [5.74, 6) is 1.69. The Morgan fingerprint density at radius 2 is 2.25 bits per heavy atom. The molecule has 0 amide bonds. The predicted molar refractivity (Wildman–Crippen MR) is 89.8 cm³/mol. The van der Waals surface area contributed by atoms with Gasteiger partial charge in [0.2, 0.25) is 0 Å². The molecule has 3 aliphatic rings. The molecule has 2 aliphatic heterocycles. The minimum absolute atomic E-state index is 0.0955. The van der Waals surface area contributed by atoms with Gasteiger partial charge in [0.25, 0.3) is 0 Å². The van der Waals surface area contributed by atoms with Crippen molar-refractivity contribution in [2.45, 2.75) is 49.7 Å². The number of aliphatic hydroxyl groups excluding tert-OH is 1. The molecule has 0 aromatic heterocycles. The van der Waals surface area contributed by atoms with Gasteiger partial charge in [0.1, 0.15) is 0 Å². The highest BCUT2D eigenvalue weighted by Crippen LogP contribution is 2.56. The molecule has 1 unspecified atom stereocenters. The van der Waals surface area contributed by atoms with Crippen LogP contribution in [0, 0.1) is 0 Å². The van der Waals surface area contributed by atoms with Crippen LogP contribution in [-0.2, 0) is 16.6 Å². The first kappa shape index (κ1) is 15.9. The Hall–Kier alpha value is -1.59. The fourth-order valence-electron chi connectivity index (χ4n) is 4.85. The van der Waals surface area contributed by atoms with Crippen molar-refractivity contribution in [1.29, 1.82) is 0 Å². The monoisotopic (exact) mass is 331 g/mol. The molecule has 1 aliphatic carbocycles. The van der Waals surface area contributed by atoms with Crippen LogP contribution in [0.5, 0.6) is 11.5 Å². The van der Waals surface area contributed by atoms with E-state index in [2.05, 4.69) is 18.0 Å². The molecule has 1 fully saturated rings. The molecule has 0 saturated heterocycles. The highest BCUT2D eigenvalue weighted by molar-refractivity contribution is 5.88. The van der Waals surface area contributed by atoms with Crippen LogP contribution in [0.4, 0.5) is 0 Å². The minimum Gasteiger partial charge on any atom is -0.493 e. The Labute approximate surface area is 142 Å². The van der Waals surface area contributed by atoms with E-state index in [0.29, 0.717) is 12.2 Å². The summed E-state index contributed by atoms with van der Waals surface area (Å²) < 4.78 is 11.7. The zero-order chi connectivity index (χ0) is 16.9. The van der Waals surface area contributed by atoms with Gasteiger partial charge in [-0.05, 0) is 50.9 Å². The maximum Gasteiger partial charge on any atom is 0.174 e. The highest BCUT2D eigenvalue weighted by Gasteiger charge is 2.56. The Morgan fingerprint density at radius 1 is 1.42 bits per heavy atom. The van der Waals surface area contributed by atoms with Crippen molar-refractivity contribution < 1.29 is 19.4 Å². The standard InChI is InChI=1S/C19H25NO4/c1-20-9-8-19-7-3-4-14(22)18(19)24-17-15(23-2)6-5-12(16(17)19)10-13(20)11-21/h5-6,13,18,21H,3-4,7-11H2,1-2H3/t13-,18?,19-/m1/s1. The number of ether oxygens (including phenoxy) is 2. The van der Waals surface area contributed by atoms with Crippen LogP contribution in [0.1, 0.15) is 36.8 Å². The smallest absolute Gasteiger partial charge is 0.174 e. The van der Waals surface area contributed by atoms with Gasteiger partial charge in [-0.3, -0.25) is 4.79 Å². The van der Waals surface area contributed by atoms with Crippen molar-refractivity contribution in [2.75, 3.05) is 27.3 Å². The molecule has 24 heavy (non-hydrogen) atoms. The number of ketones is 1. The fourth-order valence-corrected chi connectivity index (χ4v) is 4.85. The number of Topliss-reactive ketones (excluding diaryl/α,β-unsaturated/α-hetero) is 1. The number of hydrogen-bond donors (Lipinski definition) is 1. The third kappa shape index (κ3) is 2.11. The summed E-state index contributed by atoms with van der Waals surface area (Å²) in [5.41, 5.74) is 2.13. The molecule has 1 spiro atoms. The molecule has 3 atom stereocenters. The molecule has 5 heteroatoms. The zero-order valence-electron chi connectivity index (χ0n) is 14.4. The number of aliphatic hydroxyl groups is 1. The Morgan fingerprint density at radius 3 is 3.00 bits per heavy atom. The van der Waals surface area contributed by atoms with E-state index in [1.807, 2.05) is 6.07 Å². The molecule has 0 bridgehead atoms. The Bertz CT molecular complexity index is 674. The molecule has 0 radical (unpaired) electrons. The van der Waals surface area contributed by atoms with Gasteiger partial charge < -0.3 is 19.5 Å². The van der Waals surface area contributed by atoms with Crippen molar-refractivity contribution in [3.8, 4) is 11.5 Å². The first-order valence-corrected chi connectivity index (χ1v) is 8.81. The molecule has 2 heterocycles. The molecular formula is C19H25NO4. The second kappa shape index (κ2) is 5.74. The van der Waals surface area contributed by atoms with E-state index >= 15 is 0 Å². The Kier molecular flexibility index (Phi) is 3.81. The maximum absolute atomic E-state index is 12.6. The highest BCUT2D eigenvalue weighted by atomic mass is 16.5. The van der Waals surface area contributed by atoms with Crippen LogP contribution in [-0.4, -0.2) is 55.2 Å². The van der Waals surface area contributed by atoms with E-state index in [4.69, 9.17) is 9.47 Å². The number of carbonyl (C=O) groups excluding carboxylic acids is 1. The van der Waals surface area contributed by atoms with E-state index in [9.17, 15) is 9.90 Å². The van der Waals surface area contributed by atoms with Gasteiger partial charge in [-0.1, -0.05) is 6.07 Å². The van der Waals surface area contributed by atoms with Gasteiger partial charge >= 0.3 is 0 Å². The van der Waals surface area contributed by atoms with Gasteiger partial charge in [-0.2, -0.15) is 0 Å². The van der Waals surface area contributed by atoms with Crippen molar-refractivity contribution in [3.05, 3.63) is 23.3 Å². The quantitative estimate of drug-likeness (QED) is 0.894. The third-order valence-electron chi connectivity index (χ3n) is 6.20. The van der Waals surface area contributed by atoms with E-state index in [0.717, 1.165) is 38.0 Å². The van der Waals surface area contributed by atoms with Gasteiger partial charge in [0.15, 0.2) is 23.4 Å². The number of methoxy groups -OCH3 is 1. The number of rotatable bonds is 2.